The van der Waals surface area contributed by atoms with Crippen LogP contribution in [0.3, 0.4) is 0 Å². The van der Waals surface area contributed by atoms with Crippen LogP contribution >= 0.6 is 7.82 Å². The van der Waals surface area contributed by atoms with Crippen LogP contribution in [0, 0.1) is 0 Å². The zero-order chi connectivity index (χ0) is 50.6. The van der Waals surface area contributed by atoms with Crippen molar-refractivity contribution in [1.29, 1.82) is 0 Å². The van der Waals surface area contributed by atoms with Crippen molar-refractivity contribution in [2.45, 2.75) is 328 Å². The third-order valence-electron chi connectivity index (χ3n) is 14.3. The Bertz CT molecular complexity index is 1130. The van der Waals surface area contributed by atoms with Gasteiger partial charge in [-0.25, -0.2) is 4.57 Å². The SMILES string of the molecule is CCCCCCCCCC/C=C\CCCCCCCCCCCCCCCCCC(=O)NC(COP(=O)(O)OCC[N+](C)(C)C)C(O)CCCCCCCCCCCCCCCCCCCCCC. The Hall–Kier alpha value is -0.760. The van der Waals surface area contributed by atoms with E-state index in [1.165, 1.54) is 250 Å². The zero-order valence-corrected chi connectivity index (χ0v) is 48.0. The first-order valence-corrected chi connectivity index (χ1v) is 32.0. The predicted octanol–water partition coefficient (Wildman–Crippen LogP) is 18.6. The van der Waals surface area contributed by atoms with Crippen molar-refractivity contribution < 1.29 is 32.9 Å². The van der Waals surface area contributed by atoms with Crippen LogP contribution in [0.2, 0.25) is 0 Å². The number of quaternary nitrogens is 1. The van der Waals surface area contributed by atoms with Gasteiger partial charge >= 0.3 is 7.82 Å². The van der Waals surface area contributed by atoms with E-state index in [0.29, 0.717) is 23.9 Å². The van der Waals surface area contributed by atoms with Crippen LogP contribution in [0.15, 0.2) is 12.2 Å². The number of carbonyl (C=O) groups is 1. The number of hydrogen-bond acceptors (Lipinski definition) is 5. The molecule has 1 amide bonds. The molecule has 0 aromatic rings. The normalized spacial score (nSPS) is 13.9. The first-order valence-electron chi connectivity index (χ1n) is 30.6. The van der Waals surface area contributed by atoms with Crippen molar-refractivity contribution in [2.24, 2.45) is 0 Å². The number of aliphatic hydroxyl groups is 1. The number of nitrogens with one attached hydrogen (secondary N) is 1. The van der Waals surface area contributed by atoms with Crippen LogP contribution in [0.4, 0.5) is 0 Å². The van der Waals surface area contributed by atoms with Gasteiger partial charge in [0.2, 0.25) is 5.91 Å². The van der Waals surface area contributed by atoms with E-state index in [9.17, 15) is 19.4 Å². The number of phosphoric ester groups is 1. The lowest BCUT2D eigenvalue weighted by Crippen LogP contribution is -2.46. The summed E-state index contributed by atoms with van der Waals surface area (Å²) in [7, 11) is 1.63. The molecule has 3 unspecified atom stereocenters. The second-order valence-electron chi connectivity index (χ2n) is 22.4. The van der Waals surface area contributed by atoms with Gasteiger partial charge in [-0.1, -0.05) is 283 Å². The minimum absolute atomic E-state index is 0.0778. The Morgan fingerprint density at radius 2 is 0.783 bits per heavy atom. The van der Waals surface area contributed by atoms with Gasteiger partial charge in [-0.15, -0.1) is 0 Å². The molecule has 9 heteroatoms. The third kappa shape index (κ3) is 54.8. The highest BCUT2D eigenvalue weighted by Gasteiger charge is 2.28. The van der Waals surface area contributed by atoms with Crippen LogP contribution in [-0.2, 0) is 18.4 Å². The van der Waals surface area contributed by atoms with Gasteiger partial charge in [-0.05, 0) is 38.5 Å². The van der Waals surface area contributed by atoms with Gasteiger partial charge in [0.1, 0.15) is 13.2 Å². The number of rotatable bonds is 57. The maximum Gasteiger partial charge on any atom is 0.472 e. The molecule has 69 heavy (non-hydrogen) atoms. The molecule has 3 N–H and O–H groups in total. The first-order chi connectivity index (χ1) is 33.5. The molecule has 0 saturated heterocycles. The van der Waals surface area contributed by atoms with Crippen molar-refractivity contribution in [3.63, 3.8) is 0 Å². The maximum absolute atomic E-state index is 13.0. The van der Waals surface area contributed by atoms with Crippen molar-refractivity contribution in [3.05, 3.63) is 12.2 Å². The monoisotopic (exact) mass is 998 g/mol. The number of hydrogen-bond donors (Lipinski definition) is 3. The lowest BCUT2D eigenvalue weighted by Gasteiger charge is -2.26. The number of carbonyl (C=O) groups excluding carboxylic acids is 1. The van der Waals surface area contributed by atoms with E-state index in [1.807, 2.05) is 21.1 Å². The van der Waals surface area contributed by atoms with Crippen LogP contribution in [0.1, 0.15) is 316 Å². The molecule has 0 heterocycles. The summed E-state index contributed by atoms with van der Waals surface area (Å²) in [5.74, 6) is -0.137. The molecular formula is C60H122N2O6P+. The van der Waals surface area contributed by atoms with Crippen LogP contribution in [-0.4, -0.2) is 73.4 Å². The average molecular weight is 999 g/mol. The van der Waals surface area contributed by atoms with E-state index in [2.05, 4.69) is 31.3 Å². The van der Waals surface area contributed by atoms with Gasteiger partial charge in [-0.2, -0.15) is 0 Å². The molecule has 0 aliphatic carbocycles. The molecule has 3 atom stereocenters. The highest BCUT2D eigenvalue weighted by molar-refractivity contribution is 7.47. The third-order valence-corrected chi connectivity index (χ3v) is 15.2. The Labute approximate surface area is 431 Å². The van der Waals surface area contributed by atoms with Gasteiger partial charge in [0.25, 0.3) is 0 Å². The quantitative estimate of drug-likeness (QED) is 0.0243. The number of phosphoric acid groups is 1. The fourth-order valence-corrected chi connectivity index (χ4v) is 10.2. The molecule has 0 saturated carbocycles. The van der Waals surface area contributed by atoms with Crippen LogP contribution in [0.5, 0.6) is 0 Å². The van der Waals surface area contributed by atoms with E-state index in [0.717, 1.165) is 38.5 Å². The van der Waals surface area contributed by atoms with E-state index in [4.69, 9.17) is 9.05 Å². The summed E-state index contributed by atoms with van der Waals surface area (Å²) < 4.78 is 23.8. The van der Waals surface area contributed by atoms with Gasteiger partial charge in [0.05, 0.1) is 39.9 Å². The molecule has 412 valence electrons. The molecule has 0 aliphatic rings. The fourth-order valence-electron chi connectivity index (χ4n) is 9.46. The van der Waals surface area contributed by atoms with Gasteiger partial charge in [0, 0.05) is 6.42 Å². The number of amides is 1. The number of unbranched alkanes of at least 4 members (excludes halogenated alkanes) is 42. The maximum atomic E-state index is 13.0. The topological polar surface area (TPSA) is 105 Å². The van der Waals surface area contributed by atoms with E-state index in [-0.39, 0.29) is 19.1 Å². The zero-order valence-electron chi connectivity index (χ0n) is 47.1. The van der Waals surface area contributed by atoms with Gasteiger partial charge in [-0.3, -0.25) is 13.8 Å². The van der Waals surface area contributed by atoms with Gasteiger partial charge in [0.15, 0.2) is 0 Å². The van der Waals surface area contributed by atoms with Crippen molar-refractivity contribution >= 4 is 13.7 Å². The average Bonchev–Trinajstić information content (AvgIpc) is 3.31. The molecule has 0 radical (unpaired) electrons. The van der Waals surface area contributed by atoms with E-state index in [1.54, 1.807) is 0 Å². The summed E-state index contributed by atoms with van der Waals surface area (Å²) in [6.45, 7) is 4.94. The van der Waals surface area contributed by atoms with Crippen LogP contribution < -0.4 is 5.32 Å². The molecule has 0 aromatic carbocycles. The first kappa shape index (κ1) is 68.2. The van der Waals surface area contributed by atoms with Crippen LogP contribution in [0.25, 0.3) is 0 Å². The Balaban J connectivity index is 4.08. The Morgan fingerprint density at radius 3 is 1.12 bits per heavy atom. The van der Waals surface area contributed by atoms with Gasteiger partial charge < -0.3 is 19.8 Å². The summed E-state index contributed by atoms with van der Waals surface area (Å²) in [6.07, 6.45) is 64.2. The number of nitrogens with zero attached hydrogens (tertiary/aromatic N) is 1. The summed E-state index contributed by atoms with van der Waals surface area (Å²) in [4.78, 5) is 23.4. The number of allylic oxidation sites excluding steroid dienone is 2. The fraction of sp³-hybridized carbons (Fsp3) is 0.950. The van der Waals surface area contributed by atoms with Crippen molar-refractivity contribution in [3.8, 4) is 0 Å². The molecule has 0 aliphatic heterocycles. The summed E-state index contributed by atoms with van der Waals surface area (Å²) in [5.41, 5.74) is 0. The van der Waals surface area contributed by atoms with Crippen molar-refractivity contribution in [1.82, 2.24) is 5.32 Å². The lowest BCUT2D eigenvalue weighted by atomic mass is 10.0. The van der Waals surface area contributed by atoms with Crippen molar-refractivity contribution in [2.75, 3.05) is 40.9 Å². The molecule has 0 spiro atoms. The minimum Gasteiger partial charge on any atom is -0.391 e. The largest absolute Gasteiger partial charge is 0.472 e. The molecule has 0 rings (SSSR count). The molecule has 0 bridgehead atoms. The molecular weight excluding hydrogens is 876 g/mol. The Morgan fingerprint density at radius 1 is 0.478 bits per heavy atom. The molecule has 0 aromatic heterocycles. The second kappa shape index (κ2) is 52.1. The van der Waals surface area contributed by atoms with E-state index >= 15 is 0 Å². The van der Waals surface area contributed by atoms with E-state index < -0.39 is 20.0 Å². The summed E-state index contributed by atoms with van der Waals surface area (Å²) in [6, 6.07) is -0.758. The second-order valence-corrected chi connectivity index (χ2v) is 23.9. The highest BCUT2D eigenvalue weighted by Crippen LogP contribution is 2.43. The Kier molecular flexibility index (Phi) is 51.5. The minimum atomic E-state index is -4.32. The predicted molar refractivity (Wildman–Crippen MR) is 300 cm³/mol. The number of likely N-dealkylation sites (N-methyl/N-ethyl adjacent to an activating group) is 1. The molecule has 0 fully saturated rings. The lowest BCUT2D eigenvalue weighted by molar-refractivity contribution is -0.870. The summed E-state index contributed by atoms with van der Waals surface area (Å²) in [5, 5.41) is 14.1. The smallest absolute Gasteiger partial charge is 0.391 e. The molecule has 8 nitrogen and oxygen atoms in total. The summed E-state index contributed by atoms with van der Waals surface area (Å²) >= 11 is 0. The highest BCUT2D eigenvalue weighted by atomic mass is 31.2. The standard InChI is InChI=1S/C60H121N2O6P/c1-6-8-10-12-14-16-18-20-22-24-26-28-29-30-31-32-33-34-36-38-40-42-44-46-48-50-52-54-60(64)61-58(57-68-69(65,66)67-56-55-62(3,4)5)59(63)53-51-49-47-45-43-41-39-37-35-27-25-23-21-19-17-15-13-11-9-7-2/h24,26,58-59,63H,6-23,25,27-57H2,1-5H3,(H-,61,64,65,66)/p+1/b26-24-. The number of aliphatic hydroxyl groups excluding tert-OH is 1.